The van der Waals surface area contributed by atoms with Gasteiger partial charge in [0.05, 0.1) is 5.56 Å². The lowest BCUT2D eigenvalue weighted by molar-refractivity contribution is 0.0697. The number of carboxylic acids is 1. The monoisotopic (exact) mass is 287 g/mol. The number of fused-ring (bicyclic) bond motifs is 1. The van der Waals surface area contributed by atoms with E-state index in [2.05, 4.69) is 18.7 Å². The standard InChI is InChI=1S/C18H25NO2/c1-12-5-7-16(10-13(12)2)19-9-3-4-14-11-15(18(20)21)6-8-17(14)19/h6,8,11-13,16H,3-5,7,9-10H2,1-2H3,(H,20,21). The summed E-state index contributed by atoms with van der Waals surface area (Å²) in [6.45, 7) is 5.85. The van der Waals surface area contributed by atoms with Crippen LogP contribution in [0.5, 0.6) is 0 Å². The number of carboxylic acid groups (broad SMARTS) is 1. The maximum Gasteiger partial charge on any atom is 0.335 e. The first-order chi connectivity index (χ1) is 10.1. The van der Waals surface area contributed by atoms with Crippen LogP contribution in [0.25, 0.3) is 0 Å². The van der Waals surface area contributed by atoms with Gasteiger partial charge in [-0.25, -0.2) is 4.79 Å². The van der Waals surface area contributed by atoms with Gasteiger partial charge in [-0.15, -0.1) is 0 Å². The molecule has 0 saturated heterocycles. The van der Waals surface area contributed by atoms with Gasteiger partial charge in [0.15, 0.2) is 0 Å². The van der Waals surface area contributed by atoms with Crippen LogP contribution >= 0.6 is 0 Å². The van der Waals surface area contributed by atoms with Gasteiger partial charge in [-0.3, -0.25) is 0 Å². The Labute approximate surface area is 127 Å². The molecular weight excluding hydrogens is 262 g/mol. The topological polar surface area (TPSA) is 40.5 Å². The van der Waals surface area contributed by atoms with Crippen molar-refractivity contribution in [2.75, 3.05) is 11.4 Å². The second-order valence-corrected chi connectivity index (χ2v) is 6.87. The molecule has 1 aliphatic carbocycles. The van der Waals surface area contributed by atoms with E-state index in [1.165, 1.54) is 30.5 Å². The van der Waals surface area contributed by atoms with E-state index >= 15 is 0 Å². The molecule has 1 saturated carbocycles. The molecular formula is C18H25NO2. The van der Waals surface area contributed by atoms with Crippen molar-refractivity contribution >= 4 is 11.7 Å². The third kappa shape index (κ3) is 2.78. The number of aromatic carboxylic acids is 1. The molecule has 1 aromatic carbocycles. The normalized spacial score (nSPS) is 29.0. The Bertz CT molecular complexity index is 540. The van der Waals surface area contributed by atoms with Crippen LogP contribution in [0.15, 0.2) is 18.2 Å². The van der Waals surface area contributed by atoms with Gasteiger partial charge >= 0.3 is 5.97 Å². The molecule has 0 radical (unpaired) electrons. The quantitative estimate of drug-likeness (QED) is 0.895. The molecule has 3 unspecified atom stereocenters. The Kier molecular flexibility index (Phi) is 3.92. The average Bonchev–Trinajstić information content (AvgIpc) is 2.49. The van der Waals surface area contributed by atoms with Crippen molar-refractivity contribution in [3.05, 3.63) is 29.3 Å². The Balaban J connectivity index is 1.85. The molecule has 0 bridgehead atoms. The van der Waals surface area contributed by atoms with Crippen LogP contribution < -0.4 is 4.90 Å². The molecule has 3 nitrogen and oxygen atoms in total. The summed E-state index contributed by atoms with van der Waals surface area (Å²) in [5.74, 6) is 0.794. The number of aryl methyl sites for hydroxylation is 1. The van der Waals surface area contributed by atoms with Crippen molar-refractivity contribution in [1.82, 2.24) is 0 Å². The van der Waals surface area contributed by atoms with E-state index in [9.17, 15) is 4.79 Å². The summed E-state index contributed by atoms with van der Waals surface area (Å²) >= 11 is 0. The average molecular weight is 287 g/mol. The molecule has 1 aliphatic heterocycles. The van der Waals surface area contributed by atoms with E-state index < -0.39 is 5.97 Å². The van der Waals surface area contributed by atoms with Gasteiger partial charge in [0.25, 0.3) is 0 Å². The van der Waals surface area contributed by atoms with E-state index in [1.807, 2.05) is 12.1 Å². The molecule has 1 heterocycles. The highest BCUT2D eigenvalue weighted by molar-refractivity contribution is 5.88. The predicted octanol–water partition coefficient (Wildman–Crippen LogP) is 3.96. The smallest absolute Gasteiger partial charge is 0.335 e. The van der Waals surface area contributed by atoms with E-state index in [4.69, 9.17) is 5.11 Å². The molecule has 3 atom stereocenters. The lowest BCUT2D eigenvalue weighted by Gasteiger charge is -2.43. The second kappa shape index (κ2) is 5.70. The van der Waals surface area contributed by atoms with Crippen molar-refractivity contribution in [2.45, 2.75) is 52.0 Å². The number of hydrogen-bond acceptors (Lipinski definition) is 2. The molecule has 1 N–H and O–H groups in total. The highest BCUT2D eigenvalue weighted by Crippen LogP contribution is 2.37. The van der Waals surface area contributed by atoms with Crippen LogP contribution in [0.4, 0.5) is 5.69 Å². The first kappa shape index (κ1) is 14.4. The predicted molar refractivity (Wildman–Crippen MR) is 85.0 cm³/mol. The van der Waals surface area contributed by atoms with E-state index in [0.29, 0.717) is 11.6 Å². The molecule has 0 aromatic heterocycles. The molecule has 21 heavy (non-hydrogen) atoms. The van der Waals surface area contributed by atoms with Crippen LogP contribution in [-0.4, -0.2) is 23.7 Å². The summed E-state index contributed by atoms with van der Waals surface area (Å²) in [6, 6.07) is 6.29. The fourth-order valence-electron chi connectivity index (χ4n) is 3.94. The Hall–Kier alpha value is -1.51. The highest BCUT2D eigenvalue weighted by Gasteiger charge is 2.31. The first-order valence-corrected chi connectivity index (χ1v) is 8.19. The summed E-state index contributed by atoms with van der Waals surface area (Å²) in [5.41, 5.74) is 2.91. The number of rotatable bonds is 2. The first-order valence-electron chi connectivity index (χ1n) is 8.19. The molecule has 2 aliphatic rings. The maximum absolute atomic E-state index is 11.1. The summed E-state index contributed by atoms with van der Waals surface area (Å²) < 4.78 is 0. The van der Waals surface area contributed by atoms with E-state index in [0.717, 1.165) is 31.2 Å². The minimum atomic E-state index is -0.824. The summed E-state index contributed by atoms with van der Waals surface area (Å²) in [7, 11) is 0. The lowest BCUT2D eigenvalue weighted by atomic mass is 9.78. The lowest BCUT2D eigenvalue weighted by Crippen LogP contribution is -2.43. The Morgan fingerprint density at radius 2 is 2.05 bits per heavy atom. The van der Waals surface area contributed by atoms with Crippen LogP contribution in [0, 0.1) is 11.8 Å². The molecule has 1 fully saturated rings. The zero-order valence-electron chi connectivity index (χ0n) is 13.0. The van der Waals surface area contributed by atoms with Gasteiger partial charge < -0.3 is 10.0 Å². The third-order valence-corrected chi connectivity index (χ3v) is 5.49. The van der Waals surface area contributed by atoms with Gasteiger partial charge in [0, 0.05) is 18.3 Å². The molecule has 0 spiro atoms. The molecule has 1 aromatic rings. The number of hydrogen-bond donors (Lipinski definition) is 1. The third-order valence-electron chi connectivity index (χ3n) is 5.49. The van der Waals surface area contributed by atoms with Gasteiger partial charge in [-0.1, -0.05) is 13.8 Å². The zero-order valence-corrected chi connectivity index (χ0v) is 13.0. The minimum absolute atomic E-state index is 0.418. The van der Waals surface area contributed by atoms with Gasteiger partial charge in [-0.05, 0) is 67.7 Å². The van der Waals surface area contributed by atoms with E-state index in [1.54, 1.807) is 6.07 Å². The van der Waals surface area contributed by atoms with E-state index in [-0.39, 0.29) is 0 Å². The van der Waals surface area contributed by atoms with Gasteiger partial charge in [-0.2, -0.15) is 0 Å². The van der Waals surface area contributed by atoms with Crippen LogP contribution in [0.2, 0.25) is 0 Å². The molecule has 0 amide bonds. The SMILES string of the molecule is CC1CCC(N2CCCc3cc(C(=O)O)ccc32)CC1C. The van der Waals surface area contributed by atoms with Crippen LogP contribution in [-0.2, 0) is 6.42 Å². The number of benzene rings is 1. The summed E-state index contributed by atoms with van der Waals surface area (Å²) in [5, 5.41) is 9.15. The van der Waals surface area contributed by atoms with Gasteiger partial charge in [0.2, 0.25) is 0 Å². The van der Waals surface area contributed by atoms with Crippen molar-refractivity contribution in [3.63, 3.8) is 0 Å². The van der Waals surface area contributed by atoms with Crippen molar-refractivity contribution in [3.8, 4) is 0 Å². The molecule has 3 heteroatoms. The summed E-state index contributed by atoms with van der Waals surface area (Å²) in [6.07, 6.45) is 5.99. The number of nitrogens with zero attached hydrogens (tertiary/aromatic N) is 1. The second-order valence-electron chi connectivity index (χ2n) is 6.87. The molecule has 114 valence electrons. The Morgan fingerprint density at radius 3 is 2.76 bits per heavy atom. The minimum Gasteiger partial charge on any atom is -0.478 e. The number of carbonyl (C=O) groups is 1. The largest absolute Gasteiger partial charge is 0.478 e. The summed E-state index contributed by atoms with van der Waals surface area (Å²) in [4.78, 5) is 13.7. The van der Waals surface area contributed by atoms with Crippen molar-refractivity contribution in [1.29, 1.82) is 0 Å². The fourth-order valence-corrected chi connectivity index (χ4v) is 3.94. The highest BCUT2D eigenvalue weighted by atomic mass is 16.4. The zero-order chi connectivity index (χ0) is 15.0. The Morgan fingerprint density at radius 1 is 1.24 bits per heavy atom. The maximum atomic E-state index is 11.1. The number of anilines is 1. The van der Waals surface area contributed by atoms with Crippen molar-refractivity contribution in [2.24, 2.45) is 11.8 Å². The van der Waals surface area contributed by atoms with Crippen LogP contribution in [0.1, 0.15) is 55.5 Å². The fraction of sp³-hybridized carbons (Fsp3) is 0.611. The van der Waals surface area contributed by atoms with Gasteiger partial charge in [0.1, 0.15) is 0 Å². The molecule has 3 rings (SSSR count). The van der Waals surface area contributed by atoms with Crippen LogP contribution in [0.3, 0.4) is 0 Å². The van der Waals surface area contributed by atoms with Crippen molar-refractivity contribution < 1.29 is 9.90 Å².